The van der Waals surface area contributed by atoms with Gasteiger partial charge in [0.2, 0.25) is 10.0 Å². The van der Waals surface area contributed by atoms with Gasteiger partial charge in [0.15, 0.2) is 5.96 Å². The van der Waals surface area contributed by atoms with Gasteiger partial charge in [-0.3, -0.25) is 0 Å². The maximum Gasteiger partial charge on any atom is 0.213 e. The van der Waals surface area contributed by atoms with Gasteiger partial charge in [-0.1, -0.05) is 0 Å². The smallest absolute Gasteiger partial charge is 0.213 e. The van der Waals surface area contributed by atoms with E-state index in [1.807, 2.05) is 19.9 Å². The van der Waals surface area contributed by atoms with Gasteiger partial charge >= 0.3 is 0 Å². The Hall–Kier alpha value is -2.00. The highest BCUT2D eigenvalue weighted by atomic mass is 32.2. The summed E-state index contributed by atoms with van der Waals surface area (Å²) in [7, 11) is -1.53. The third-order valence-corrected chi connectivity index (χ3v) is 6.77. The number of nitrogens with zero attached hydrogens (tertiary/aromatic N) is 2. The fraction of sp³-hybridized carbons (Fsp3) is 0.667. The quantitative estimate of drug-likeness (QED) is 0.311. The van der Waals surface area contributed by atoms with Gasteiger partial charge in [-0.25, -0.2) is 17.7 Å². The molecule has 1 aromatic carbocycles. The Bertz CT molecular complexity index is 827. The van der Waals surface area contributed by atoms with Crippen molar-refractivity contribution >= 4 is 16.0 Å². The first-order valence-corrected chi connectivity index (χ1v) is 12.3. The molecule has 2 N–H and O–H groups in total. The van der Waals surface area contributed by atoms with Gasteiger partial charge in [0.25, 0.3) is 0 Å². The molecule has 9 heteroatoms. The van der Waals surface area contributed by atoms with Crippen molar-refractivity contribution in [3.8, 4) is 11.5 Å². The number of nitrogens with one attached hydrogen (secondary N) is 2. The Morgan fingerprint density at radius 1 is 1.30 bits per heavy atom. The first-order valence-electron chi connectivity index (χ1n) is 10.7. The van der Waals surface area contributed by atoms with Crippen LogP contribution in [0.15, 0.2) is 17.1 Å². The van der Waals surface area contributed by atoms with Crippen LogP contribution in [0.1, 0.15) is 45.2 Å². The first-order chi connectivity index (χ1) is 14.3. The van der Waals surface area contributed by atoms with Gasteiger partial charge in [0.1, 0.15) is 17.6 Å². The highest BCUT2D eigenvalue weighted by molar-refractivity contribution is 7.89. The maximum absolute atomic E-state index is 11.8. The summed E-state index contributed by atoms with van der Waals surface area (Å²) < 4.78 is 36.8. The van der Waals surface area contributed by atoms with Gasteiger partial charge in [-0.15, -0.1) is 0 Å². The van der Waals surface area contributed by atoms with Crippen molar-refractivity contribution < 1.29 is 17.9 Å². The summed E-state index contributed by atoms with van der Waals surface area (Å²) in [6.07, 6.45) is 1.77. The molecule has 0 radical (unpaired) electrons. The molecular formula is C21H36N4O4S. The lowest BCUT2D eigenvalue weighted by Crippen LogP contribution is -2.39. The molecule has 0 saturated carbocycles. The second-order valence-electron chi connectivity index (χ2n) is 7.33. The Morgan fingerprint density at radius 2 is 2.07 bits per heavy atom. The predicted octanol–water partition coefficient (Wildman–Crippen LogP) is 2.14. The van der Waals surface area contributed by atoms with Gasteiger partial charge in [-0.2, -0.15) is 0 Å². The van der Waals surface area contributed by atoms with E-state index in [4.69, 9.17) is 9.47 Å². The van der Waals surface area contributed by atoms with Crippen molar-refractivity contribution in [1.29, 1.82) is 0 Å². The number of hydrogen-bond donors (Lipinski definition) is 2. The summed E-state index contributed by atoms with van der Waals surface area (Å²) in [6, 6.07) is 4.10. The van der Waals surface area contributed by atoms with Crippen molar-refractivity contribution in [3.05, 3.63) is 23.3 Å². The molecule has 1 aliphatic heterocycles. The fourth-order valence-corrected chi connectivity index (χ4v) is 4.12. The number of hydrogen-bond acceptors (Lipinski definition) is 5. The number of ether oxygens (including phenoxy) is 2. The van der Waals surface area contributed by atoms with E-state index < -0.39 is 10.0 Å². The van der Waals surface area contributed by atoms with Crippen molar-refractivity contribution in [2.45, 2.75) is 53.2 Å². The fourth-order valence-electron chi connectivity index (χ4n) is 3.27. The minimum absolute atomic E-state index is 0.118. The first kappa shape index (κ1) is 24.3. The molecule has 1 aromatic rings. The van der Waals surface area contributed by atoms with E-state index in [-0.39, 0.29) is 11.9 Å². The van der Waals surface area contributed by atoms with E-state index >= 15 is 0 Å². The lowest BCUT2D eigenvalue weighted by molar-refractivity contribution is 0.254. The van der Waals surface area contributed by atoms with Crippen molar-refractivity contribution in [1.82, 2.24) is 14.9 Å². The molecule has 2 rings (SSSR count). The zero-order valence-corrected chi connectivity index (χ0v) is 19.6. The summed E-state index contributed by atoms with van der Waals surface area (Å²) in [6.45, 7) is 10.6. The number of sulfonamides is 1. The molecule has 1 atom stereocenters. The summed E-state index contributed by atoms with van der Waals surface area (Å²) in [4.78, 5) is 4.68. The van der Waals surface area contributed by atoms with Crippen LogP contribution in [0.4, 0.5) is 0 Å². The predicted molar refractivity (Wildman–Crippen MR) is 121 cm³/mol. The standard InChI is InChI=1S/C21H36N4O4S/c1-6-22-21(23-10-9-11-25(5)30(26,27)8-3)24-15-18-14-20-17(12-16(4)29-20)13-19(18)28-7-2/h13-14,16H,6-12,15H2,1-5H3,(H2,22,23,24). The van der Waals surface area contributed by atoms with Crippen LogP contribution in [0.5, 0.6) is 11.5 Å². The molecule has 0 aliphatic carbocycles. The van der Waals surface area contributed by atoms with E-state index in [9.17, 15) is 8.42 Å². The second kappa shape index (κ2) is 11.4. The molecule has 170 valence electrons. The summed E-state index contributed by atoms with van der Waals surface area (Å²) in [5, 5.41) is 6.50. The molecule has 30 heavy (non-hydrogen) atoms. The van der Waals surface area contributed by atoms with Crippen LogP contribution in [-0.4, -0.2) is 63.8 Å². The van der Waals surface area contributed by atoms with Crippen LogP contribution in [-0.2, 0) is 23.0 Å². The van der Waals surface area contributed by atoms with Crippen LogP contribution in [0.25, 0.3) is 0 Å². The zero-order chi connectivity index (χ0) is 22.1. The Morgan fingerprint density at radius 3 is 2.73 bits per heavy atom. The van der Waals surface area contributed by atoms with Crippen molar-refractivity contribution in [3.63, 3.8) is 0 Å². The van der Waals surface area contributed by atoms with E-state index in [1.165, 1.54) is 9.87 Å². The second-order valence-corrected chi connectivity index (χ2v) is 9.70. The minimum atomic E-state index is -3.14. The topological polar surface area (TPSA) is 92.3 Å². The molecule has 0 aromatic heterocycles. The number of aliphatic imine (C=N–C) groups is 1. The van der Waals surface area contributed by atoms with Gasteiger partial charge in [-0.05, 0) is 46.2 Å². The molecule has 1 aliphatic rings. The Kier molecular flexibility index (Phi) is 9.23. The third-order valence-electron chi connectivity index (χ3n) is 4.91. The molecule has 8 nitrogen and oxygen atoms in total. The minimum Gasteiger partial charge on any atom is -0.494 e. The van der Waals surface area contributed by atoms with Gasteiger partial charge < -0.3 is 20.1 Å². The average Bonchev–Trinajstić information content (AvgIpc) is 3.07. The third kappa shape index (κ3) is 6.77. The number of guanidine groups is 1. The largest absolute Gasteiger partial charge is 0.494 e. The Labute approximate surface area is 181 Å². The highest BCUT2D eigenvalue weighted by Gasteiger charge is 2.22. The van der Waals surface area contributed by atoms with E-state index in [0.29, 0.717) is 38.6 Å². The normalized spacial score (nSPS) is 16.3. The number of benzene rings is 1. The van der Waals surface area contributed by atoms with Gasteiger partial charge in [0.05, 0.1) is 18.9 Å². The molecular weight excluding hydrogens is 404 g/mol. The summed E-state index contributed by atoms with van der Waals surface area (Å²) in [5.41, 5.74) is 2.16. The van der Waals surface area contributed by atoms with E-state index in [1.54, 1.807) is 14.0 Å². The molecule has 1 unspecified atom stereocenters. The molecule has 0 amide bonds. The molecule has 0 saturated heterocycles. The van der Waals surface area contributed by atoms with Crippen LogP contribution in [0.3, 0.4) is 0 Å². The lowest BCUT2D eigenvalue weighted by Gasteiger charge is -2.17. The molecule has 0 fully saturated rings. The van der Waals surface area contributed by atoms with Crippen LogP contribution in [0, 0.1) is 0 Å². The highest BCUT2D eigenvalue weighted by Crippen LogP contribution is 2.35. The van der Waals surface area contributed by atoms with Crippen LogP contribution >= 0.6 is 0 Å². The molecule has 0 spiro atoms. The van der Waals surface area contributed by atoms with Crippen LogP contribution in [0.2, 0.25) is 0 Å². The monoisotopic (exact) mass is 440 g/mol. The molecule has 0 bridgehead atoms. The van der Waals surface area contributed by atoms with E-state index in [2.05, 4.69) is 28.6 Å². The number of rotatable bonds is 11. The zero-order valence-electron chi connectivity index (χ0n) is 18.8. The summed E-state index contributed by atoms with van der Waals surface area (Å²) >= 11 is 0. The van der Waals surface area contributed by atoms with Crippen molar-refractivity contribution in [2.24, 2.45) is 4.99 Å². The SMILES string of the molecule is CCNC(=NCc1cc2c(cc1OCC)CC(C)O2)NCCCN(C)S(=O)(=O)CC. The lowest BCUT2D eigenvalue weighted by atomic mass is 10.1. The van der Waals surface area contributed by atoms with Gasteiger partial charge in [0, 0.05) is 44.2 Å². The Balaban J connectivity index is 1.99. The average molecular weight is 441 g/mol. The number of fused-ring (bicyclic) bond motifs is 1. The van der Waals surface area contributed by atoms with E-state index in [0.717, 1.165) is 30.0 Å². The summed E-state index contributed by atoms with van der Waals surface area (Å²) in [5.74, 6) is 2.57. The maximum atomic E-state index is 11.8. The molecule has 1 heterocycles. The van der Waals surface area contributed by atoms with Crippen molar-refractivity contribution in [2.75, 3.05) is 39.0 Å². The van der Waals surface area contributed by atoms with Crippen LogP contribution < -0.4 is 20.1 Å².